The first-order chi connectivity index (χ1) is 16.8. The molecule has 0 aliphatic carbocycles. The van der Waals surface area contributed by atoms with E-state index in [1.807, 2.05) is 0 Å². The summed E-state index contributed by atoms with van der Waals surface area (Å²) in [5.74, 6) is 0.0662. The third-order valence-corrected chi connectivity index (χ3v) is 6.21. The monoisotopic (exact) mass is 490 g/mol. The van der Waals surface area contributed by atoms with Crippen LogP contribution in [0, 0.1) is 0 Å². The molecule has 13 heteroatoms. The molecule has 2 aromatic carbocycles. The van der Waals surface area contributed by atoms with Crippen molar-refractivity contribution in [3.05, 3.63) is 33.0 Å². The van der Waals surface area contributed by atoms with Gasteiger partial charge in [-0.2, -0.15) is 0 Å². The highest BCUT2D eigenvalue weighted by Gasteiger charge is 2.46. The van der Waals surface area contributed by atoms with E-state index in [0.717, 1.165) is 0 Å². The van der Waals surface area contributed by atoms with Crippen LogP contribution in [0.5, 0.6) is 23.0 Å². The zero-order valence-electron chi connectivity index (χ0n) is 17.9. The Hall–Kier alpha value is -3.62. The van der Waals surface area contributed by atoms with Crippen LogP contribution in [0.1, 0.15) is 0 Å². The fourth-order valence-corrected chi connectivity index (χ4v) is 4.57. The Bertz CT molecular complexity index is 1570. The van der Waals surface area contributed by atoms with Crippen LogP contribution in [0.4, 0.5) is 0 Å². The van der Waals surface area contributed by atoms with Gasteiger partial charge in [-0.15, -0.1) is 0 Å². The molecule has 6 rings (SSSR count). The van der Waals surface area contributed by atoms with E-state index < -0.39 is 48.6 Å². The Kier molecular flexibility index (Phi) is 4.81. The topological polar surface area (TPSA) is 187 Å². The first-order valence-electron chi connectivity index (χ1n) is 10.5. The fourth-order valence-electron chi connectivity index (χ4n) is 4.57. The lowest BCUT2D eigenvalue weighted by Crippen LogP contribution is -2.60. The van der Waals surface area contributed by atoms with Gasteiger partial charge in [-0.05, 0) is 12.1 Å². The van der Waals surface area contributed by atoms with Crippen molar-refractivity contribution in [2.75, 3.05) is 20.5 Å². The van der Waals surface area contributed by atoms with Crippen LogP contribution in [-0.4, -0.2) is 71.6 Å². The Morgan fingerprint density at radius 2 is 1.66 bits per heavy atom. The van der Waals surface area contributed by atoms with Gasteiger partial charge in [-0.1, -0.05) is 0 Å². The van der Waals surface area contributed by atoms with Gasteiger partial charge in [0.1, 0.15) is 18.3 Å². The molecule has 1 fully saturated rings. The number of ether oxygens (including phenoxy) is 5. The van der Waals surface area contributed by atoms with Crippen LogP contribution in [-0.2, 0) is 4.74 Å². The maximum Gasteiger partial charge on any atom is 0.344 e. The number of methoxy groups -OCH3 is 1. The van der Waals surface area contributed by atoms with Crippen molar-refractivity contribution in [2.24, 2.45) is 0 Å². The third-order valence-electron chi connectivity index (χ3n) is 6.21. The summed E-state index contributed by atoms with van der Waals surface area (Å²) in [5.41, 5.74) is -1.75. The molecule has 0 amide bonds. The molecule has 0 saturated carbocycles. The highest BCUT2D eigenvalue weighted by molar-refractivity contribution is 6.22. The minimum absolute atomic E-state index is 0.00491. The summed E-state index contributed by atoms with van der Waals surface area (Å²) in [5, 5.41) is 40.7. The lowest BCUT2D eigenvalue weighted by Gasteiger charge is -2.40. The largest absolute Gasteiger partial charge is 0.490 e. The molecule has 1 saturated heterocycles. The Morgan fingerprint density at radius 3 is 2.37 bits per heavy atom. The van der Waals surface area contributed by atoms with E-state index >= 15 is 0 Å². The standard InChI is InChI=1S/C22H18O13/c1-29-15-9(32-19-13(24)10(4-23)33-22(28)14(19)25)3-7-11-12-6(20(26)34-17(11)15)2-8-16(31-5-30-8)18(12)35-21(7)27/h2-3,10,13-14,19,22-25,28H,4-5H2,1H3. The van der Waals surface area contributed by atoms with Gasteiger partial charge >= 0.3 is 11.3 Å². The number of hydrogen-bond donors (Lipinski definition) is 4. The summed E-state index contributed by atoms with van der Waals surface area (Å²) in [4.78, 5) is 25.9. The van der Waals surface area contributed by atoms with Gasteiger partial charge in [0.15, 0.2) is 35.1 Å². The lowest BCUT2D eigenvalue weighted by atomic mass is 9.98. The highest BCUT2D eigenvalue weighted by atomic mass is 16.7. The van der Waals surface area contributed by atoms with Gasteiger partial charge in [0.2, 0.25) is 18.3 Å². The first-order valence-corrected chi connectivity index (χ1v) is 10.5. The molecule has 0 bridgehead atoms. The lowest BCUT2D eigenvalue weighted by molar-refractivity contribution is -0.282. The predicted molar refractivity (Wildman–Crippen MR) is 114 cm³/mol. The Balaban J connectivity index is 1.62. The van der Waals surface area contributed by atoms with Crippen molar-refractivity contribution in [3.63, 3.8) is 0 Å². The van der Waals surface area contributed by atoms with Crippen molar-refractivity contribution in [1.82, 2.24) is 0 Å². The van der Waals surface area contributed by atoms with Crippen molar-refractivity contribution in [1.29, 1.82) is 0 Å². The number of hydrogen-bond acceptors (Lipinski definition) is 13. The van der Waals surface area contributed by atoms with Gasteiger partial charge in [-0.3, -0.25) is 0 Å². The molecule has 0 spiro atoms. The molecule has 13 nitrogen and oxygen atoms in total. The van der Waals surface area contributed by atoms with Gasteiger partial charge in [0.25, 0.3) is 0 Å². The minimum Gasteiger partial charge on any atom is -0.490 e. The zero-order valence-corrected chi connectivity index (χ0v) is 17.9. The quantitative estimate of drug-likeness (QED) is 0.210. The number of fused-ring (bicyclic) bond motifs is 2. The number of aliphatic hydroxyl groups is 4. The molecular formula is C22H18O13. The molecule has 0 radical (unpaired) electrons. The SMILES string of the molecule is COc1c(OC2C(O)C(O)OC(CO)C2O)cc2c(=O)oc3c4c(cc5c(=O)oc1c2c35)OCO4. The third kappa shape index (κ3) is 3.00. The van der Waals surface area contributed by atoms with Crippen molar-refractivity contribution in [2.45, 2.75) is 30.7 Å². The van der Waals surface area contributed by atoms with Crippen LogP contribution in [0.25, 0.3) is 32.7 Å². The summed E-state index contributed by atoms with van der Waals surface area (Å²) in [6, 6.07) is 2.67. The van der Waals surface area contributed by atoms with E-state index in [-0.39, 0.29) is 62.5 Å². The van der Waals surface area contributed by atoms with E-state index in [9.17, 15) is 30.0 Å². The van der Waals surface area contributed by atoms with Crippen LogP contribution >= 0.6 is 0 Å². The number of benzene rings is 2. The molecule has 2 aliphatic rings. The Morgan fingerprint density at radius 1 is 0.971 bits per heavy atom. The van der Waals surface area contributed by atoms with Crippen molar-refractivity contribution in [3.8, 4) is 23.0 Å². The minimum atomic E-state index is -1.77. The molecule has 184 valence electrons. The van der Waals surface area contributed by atoms with Crippen LogP contribution in [0.15, 0.2) is 30.6 Å². The van der Waals surface area contributed by atoms with E-state index in [2.05, 4.69) is 0 Å². The molecule has 2 aliphatic heterocycles. The molecule has 4 N–H and O–H groups in total. The van der Waals surface area contributed by atoms with Gasteiger partial charge in [-0.25, -0.2) is 9.59 Å². The average Bonchev–Trinajstić information content (AvgIpc) is 3.32. The van der Waals surface area contributed by atoms with E-state index in [1.54, 1.807) is 0 Å². The van der Waals surface area contributed by atoms with E-state index in [4.69, 9.17) is 32.5 Å². The normalized spacial score (nSPS) is 26.1. The second-order valence-corrected chi connectivity index (χ2v) is 8.11. The molecule has 5 unspecified atom stereocenters. The van der Waals surface area contributed by atoms with Gasteiger partial charge < -0.3 is 52.9 Å². The first kappa shape index (κ1) is 21.9. The summed E-state index contributed by atoms with van der Waals surface area (Å²) >= 11 is 0. The second kappa shape index (κ2) is 7.69. The van der Waals surface area contributed by atoms with E-state index in [1.165, 1.54) is 19.2 Å². The molecule has 35 heavy (non-hydrogen) atoms. The van der Waals surface area contributed by atoms with Gasteiger partial charge in [0, 0.05) is 10.8 Å². The van der Waals surface area contributed by atoms with Crippen LogP contribution < -0.4 is 30.2 Å². The maximum atomic E-state index is 13.0. The number of rotatable bonds is 4. The van der Waals surface area contributed by atoms with Crippen molar-refractivity contribution < 1.29 is 52.9 Å². The molecule has 2 aromatic heterocycles. The fraction of sp³-hybridized carbons (Fsp3) is 0.364. The van der Waals surface area contributed by atoms with E-state index in [0.29, 0.717) is 0 Å². The predicted octanol–water partition coefficient (Wildman–Crippen LogP) is -0.594. The van der Waals surface area contributed by atoms with Crippen molar-refractivity contribution >= 4 is 32.7 Å². The summed E-state index contributed by atoms with van der Waals surface area (Å²) in [6.45, 7) is -0.791. The molecule has 5 atom stereocenters. The second-order valence-electron chi connectivity index (χ2n) is 8.11. The van der Waals surface area contributed by atoms with Gasteiger partial charge in [0.05, 0.1) is 24.5 Å². The smallest absolute Gasteiger partial charge is 0.344 e. The molecule has 4 aromatic rings. The zero-order chi connectivity index (χ0) is 24.6. The molecular weight excluding hydrogens is 472 g/mol. The number of aliphatic hydroxyl groups excluding tert-OH is 4. The van der Waals surface area contributed by atoms with Crippen LogP contribution in [0.2, 0.25) is 0 Å². The highest BCUT2D eigenvalue weighted by Crippen LogP contribution is 2.47. The average molecular weight is 490 g/mol. The summed E-state index contributed by atoms with van der Waals surface area (Å²) < 4.78 is 37.9. The Labute approximate surface area is 193 Å². The summed E-state index contributed by atoms with van der Waals surface area (Å²) in [6.07, 6.45) is -7.85. The summed E-state index contributed by atoms with van der Waals surface area (Å²) in [7, 11) is 1.26. The van der Waals surface area contributed by atoms with Crippen LogP contribution in [0.3, 0.4) is 0 Å². The molecule has 4 heterocycles. The maximum absolute atomic E-state index is 13.0.